The third-order valence-corrected chi connectivity index (χ3v) is 10.1. The van der Waals surface area contributed by atoms with Crippen LogP contribution in [0.15, 0.2) is 77.7 Å². The van der Waals surface area contributed by atoms with Gasteiger partial charge in [0.15, 0.2) is 0 Å². The van der Waals surface area contributed by atoms with Gasteiger partial charge in [-0.3, -0.25) is 13.9 Å². The Kier molecular flexibility index (Phi) is 10.3. The molecule has 3 aromatic rings. The molecule has 2 amide bonds. The normalized spacial score (nSPS) is 14.5. The van der Waals surface area contributed by atoms with Crippen LogP contribution in [-0.4, -0.2) is 43.8 Å². The molecule has 7 nitrogen and oxygen atoms in total. The summed E-state index contributed by atoms with van der Waals surface area (Å²) in [5.74, 6) is -0.516. The van der Waals surface area contributed by atoms with E-state index in [-0.39, 0.29) is 29.3 Å². The molecule has 9 heteroatoms. The molecule has 0 unspecified atom stereocenters. The van der Waals surface area contributed by atoms with Gasteiger partial charge in [-0.1, -0.05) is 86.3 Å². The highest BCUT2D eigenvalue weighted by Gasteiger charge is 2.33. The van der Waals surface area contributed by atoms with Crippen LogP contribution in [0.1, 0.15) is 69.1 Å². The van der Waals surface area contributed by atoms with E-state index in [2.05, 4.69) is 19.2 Å². The predicted octanol–water partition coefficient (Wildman–Crippen LogP) is 6.44. The summed E-state index contributed by atoms with van der Waals surface area (Å²) in [6.07, 6.45) is 3.93. The van der Waals surface area contributed by atoms with Crippen LogP contribution in [0.25, 0.3) is 0 Å². The van der Waals surface area contributed by atoms with Gasteiger partial charge >= 0.3 is 0 Å². The molecule has 1 N–H and O–H groups in total. The number of amides is 2. The van der Waals surface area contributed by atoms with E-state index < -0.39 is 28.5 Å². The predicted molar refractivity (Wildman–Crippen MR) is 168 cm³/mol. The lowest BCUT2D eigenvalue weighted by Crippen LogP contribution is -2.52. The number of hydrogen-bond acceptors (Lipinski definition) is 4. The van der Waals surface area contributed by atoms with Crippen molar-refractivity contribution in [3.05, 3.63) is 94.5 Å². The first kappa shape index (κ1) is 31.6. The van der Waals surface area contributed by atoms with E-state index in [1.807, 2.05) is 25.1 Å². The lowest BCUT2D eigenvalue weighted by molar-refractivity contribution is -0.139. The van der Waals surface area contributed by atoms with Gasteiger partial charge in [-0.2, -0.15) is 0 Å². The van der Waals surface area contributed by atoms with E-state index in [0.29, 0.717) is 16.3 Å². The van der Waals surface area contributed by atoms with E-state index >= 15 is 0 Å². The minimum absolute atomic E-state index is 0.0580. The monoisotopic (exact) mass is 609 g/mol. The van der Waals surface area contributed by atoms with Crippen LogP contribution >= 0.6 is 11.6 Å². The molecule has 0 spiro atoms. The van der Waals surface area contributed by atoms with Crippen molar-refractivity contribution in [3.8, 4) is 0 Å². The number of anilines is 1. The van der Waals surface area contributed by atoms with Gasteiger partial charge in [-0.05, 0) is 74.1 Å². The van der Waals surface area contributed by atoms with Gasteiger partial charge in [-0.15, -0.1) is 0 Å². The maximum absolute atomic E-state index is 14.1. The fourth-order valence-corrected chi connectivity index (χ4v) is 6.79. The summed E-state index contributed by atoms with van der Waals surface area (Å²) < 4.78 is 29.2. The zero-order chi connectivity index (χ0) is 30.4. The highest BCUT2D eigenvalue weighted by Crippen LogP contribution is 2.27. The van der Waals surface area contributed by atoms with Gasteiger partial charge in [0.05, 0.1) is 10.6 Å². The third kappa shape index (κ3) is 7.53. The molecule has 1 aliphatic rings. The minimum Gasteiger partial charge on any atom is -0.352 e. The van der Waals surface area contributed by atoms with Gasteiger partial charge in [-0.25, -0.2) is 8.42 Å². The summed E-state index contributed by atoms with van der Waals surface area (Å²) >= 11 is 6.46. The van der Waals surface area contributed by atoms with Gasteiger partial charge < -0.3 is 10.2 Å². The van der Waals surface area contributed by atoms with Crippen LogP contribution in [-0.2, 0) is 26.2 Å². The van der Waals surface area contributed by atoms with E-state index in [1.165, 1.54) is 4.90 Å². The SMILES string of the molecule is Cc1ccc(S(=O)(=O)N(CC(=O)N(Cc2ccccc2Cl)[C@H](C)C(=O)NC2CCCC2)c2ccc(C(C)C)cc2)cc1. The fourth-order valence-electron chi connectivity index (χ4n) is 5.18. The average molecular weight is 610 g/mol. The van der Waals surface area contributed by atoms with Crippen LogP contribution < -0.4 is 9.62 Å². The summed E-state index contributed by atoms with van der Waals surface area (Å²) in [5, 5.41) is 3.54. The standard InChI is InChI=1S/C33H40ClN3O4S/c1-23(2)26-15-17-29(18-16-26)37(42(40,41)30-19-13-24(3)14-20-30)22-32(38)36(21-27-9-5-8-12-31(27)34)25(4)33(39)35-28-10-6-7-11-28/h5,8-9,12-20,23,25,28H,6-7,10-11,21-22H2,1-4H3,(H,35,39)/t25-/m1/s1. The van der Waals surface area contributed by atoms with Crippen molar-refractivity contribution in [1.29, 1.82) is 0 Å². The smallest absolute Gasteiger partial charge is 0.264 e. The highest BCUT2D eigenvalue weighted by atomic mass is 35.5. The summed E-state index contributed by atoms with van der Waals surface area (Å²) in [6, 6.07) is 20.1. The second-order valence-electron chi connectivity index (χ2n) is 11.3. The third-order valence-electron chi connectivity index (χ3n) is 7.90. The molecular formula is C33H40ClN3O4S. The first-order chi connectivity index (χ1) is 20.0. The molecule has 0 heterocycles. The number of nitrogens with one attached hydrogen (secondary N) is 1. The minimum atomic E-state index is -4.12. The van der Waals surface area contributed by atoms with Crippen LogP contribution in [0, 0.1) is 6.92 Å². The Balaban J connectivity index is 1.70. The molecule has 0 aromatic heterocycles. The number of benzene rings is 3. The van der Waals surface area contributed by atoms with Crippen molar-refractivity contribution >= 4 is 39.1 Å². The molecule has 4 rings (SSSR count). The maximum Gasteiger partial charge on any atom is 0.264 e. The lowest BCUT2D eigenvalue weighted by Gasteiger charge is -2.32. The Morgan fingerprint density at radius 2 is 1.55 bits per heavy atom. The van der Waals surface area contributed by atoms with Crippen molar-refractivity contribution < 1.29 is 18.0 Å². The summed E-state index contributed by atoms with van der Waals surface area (Å²) in [7, 11) is -4.12. The van der Waals surface area contributed by atoms with Gasteiger partial charge in [0.25, 0.3) is 10.0 Å². The van der Waals surface area contributed by atoms with Crippen molar-refractivity contribution in [3.63, 3.8) is 0 Å². The first-order valence-electron chi connectivity index (χ1n) is 14.5. The maximum atomic E-state index is 14.1. The zero-order valence-corrected chi connectivity index (χ0v) is 26.3. The number of carbonyl (C=O) groups excluding carboxylic acids is 2. The Hall–Kier alpha value is -3.36. The topological polar surface area (TPSA) is 86.8 Å². The van der Waals surface area contributed by atoms with Gasteiger partial charge in [0.2, 0.25) is 11.8 Å². The molecule has 3 aromatic carbocycles. The van der Waals surface area contributed by atoms with Crippen LogP contribution in [0.2, 0.25) is 5.02 Å². The van der Waals surface area contributed by atoms with Gasteiger partial charge in [0, 0.05) is 17.6 Å². The van der Waals surface area contributed by atoms with Crippen LogP contribution in [0.4, 0.5) is 5.69 Å². The molecule has 0 radical (unpaired) electrons. The lowest BCUT2D eigenvalue weighted by atomic mass is 10.0. The largest absolute Gasteiger partial charge is 0.352 e. The van der Waals surface area contributed by atoms with Crippen molar-refractivity contribution in [1.82, 2.24) is 10.2 Å². The van der Waals surface area contributed by atoms with Crippen LogP contribution in [0.3, 0.4) is 0 Å². The molecule has 0 aliphatic heterocycles. The number of halogens is 1. The summed E-state index contributed by atoms with van der Waals surface area (Å²) in [5.41, 5.74) is 3.01. The van der Waals surface area contributed by atoms with Crippen LogP contribution in [0.5, 0.6) is 0 Å². The number of sulfonamides is 1. The summed E-state index contributed by atoms with van der Waals surface area (Å²) in [6.45, 7) is 7.25. The Bertz CT molecular complexity index is 1480. The average Bonchev–Trinajstić information content (AvgIpc) is 3.48. The van der Waals surface area contributed by atoms with E-state index in [0.717, 1.165) is 41.1 Å². The number of nitrogens with zero attached hydrogens (tertiary/aromatic N) is 2. The highest BCUT2D eigenvalue weighted by molar-refractivity contribution is 7.92. The van der Waals surface area contributed by atoms with E-state index in [1.54, 1.807) is 61.5 Å². The van der Waals surface area contributed by atoms with Crippen molar-refractivity contribution in [2.24, 2.45) is 0 Å². The Morgan fingerprint density at radius 1 is 0.929 bits per heavy atom. The molecule has 1 fully saturated rings. The molecular weight excluding hydrogens is 570 g/mol. The Labute approximate surface area is 254 Å². The Morgan fingerprint density at radius 3 is 2.14 bits per heavy atom. The molecule has 0 saturated heterocycles. The van der Waals surface area contributed by atoms with E-state index in [4.69, 9.17) is 11.6 Å². The second kappa shape index (κ2) is 13.7. The molecule has 1 aliphatic carbocycles. The van der Waals surface area contributed by atoms with Gasteiger partial charge in [0.1, 0.15) is 12.6 Å². The number of rotatable bonds is 11. The second-order valence-corrected chi connectivity index (χ2v) is 13.6. The number of hydrogen-bond donors (Lipinski definition) is 1. The molecule has 224 valence electrons. The molecule has 42 heavy (non-hydrogen) atoms. The zero-order valence-electron chi connectivity index (χ0n) is 24.7. The van der Waals surface area contributed by atoms with Crippen molar-refractivity contribution in [2.75, 3.05) is 10.8 Å². The molecule has 1 saturated carbocycles. The molecule has 0 bridgehead atoms. The first-order valence-corrected chi connectivity index (χ1v) is 16.3. The van der Waals surface area contributed by atoms with E-state index in [9.17, 15) is 18.0 Å². The molecule has 1 atom stereocenters. The number of carbonyl (C=O) groups is 2. The van der Waals surface area contributed by atoms with Crippen molar-refractivity contribution in [2.45, 2.75) is 82.8 Å². The quantitative estimate of drug-likeness (QED) is 0.271. The number of aryl methyl sites for hydroxylation is 1. The summed E-state index contributed by atoms with van der Waals surface area (Å²) in [4.78, 5) is 29.0. The fraction of sp³-hybridized carbons (Fsp3) is 0.394.